The fourth-order valence-corrected chi connectivity index (χ4v) is 4.88. The Hall–Kier alpha value is -3.46. The van der Waals surface area contributed by atoms with E-state index in [2.05, 4.69) is 19.2 Å². The number of nitrogens with one attached hydrogen (secondary N) is 1. The summed E-state index contributed by atoms with van der Waals surface area (Å²) in [6, 6.07) is 16.5. The summed E-state index contributed by atoms with van der Waals surface area (Å²) in [4.78, 5) is 1.95. The van der Waals surface area contributed by atoms with Gasteiger partial charge in [-0.15, -0.1) is 0 Å². The van der Waals surface area contributed by atoms with E-state index >= 15 is 0 Å². The van der Waals surface area contributed by atoms with E-state index in [0.717, 1.165) is 29.0 Å². The van der Waals surface area contributed by atoms with E-state index in [4.69, 9.17) is 26.4 Å². The third-order valence-electron chi connectivity index (χ3n) is 6.66. The first-order chi connectivity index (χ1) is 18.1. The summed E-state index contributed by atoms with van der Waals surface area (Å²) in [6.45, 7) is 5.08. The highest BCUT2D eigenvalue weighted by Gasteiger charge is 2.33. The Bertz CT molecular complexity index is 1280. The van der Waals surface area contributed by atoms with Crippen molar-refractivity contribution < 1.29 is 27.4 Å². The van der Waals surface area contributed by atoms with E-state index in [-0.39, 0.29) is 18.3 Å². The van der Waals surface area contributed by atoms with Crippen LogP contribution in [-0.2, 0) is 12.6 Å². The summed E-state index contributed by atoms with van der Waals surface area (Å²) in [6.07, 6.45) is -3.78. The first kappa shape index (κ1) is 27.6. The van der Waals surface area contributed by atoms with Gasteiger partial charge in [0.05, 0.1) is 25.8 Å². The molecule has 202 valence electrons. The van der Waals surface area contributed by atoms with Crippen LogP contribution in [0, 0.1) is 0 Å². The van der Waals surface area contributed by atoms with Crippen molar-refractivity contribution in [2.75, 3.05) is 32.7 Å². The molecule has 3 aromatic carbocycles. The molecule has 0 spiro atoms. The van der Waals surface area contributed by atoms with Crippen LogP contribution < -0.4 is 19.5 Å². The second-order valence-corrected chi connectivity index (χ2v) is 9.80. The molecular weight excluding hydrogens is 513 g/mol. The maximum absolute atomic E-state index is 13.2. The topological polar surface area (TPSA) is 43.0 Å². The van der Waals surface area contributed by atoms with E-state index in [1.807, 2.05) is 41.3 Å². The summed E-state index contributed by atoms with van der Waals surface area (Å²) in [5.41, 5.74) is 2.78. The number of nitrogens with zero attached hydrogens (tertiary/aromatic N) is 1. The first-order valence-electron chi connectivity index (χ1n) is 12.3. The normalized spacial score (nSPS) is 15.2. The molecule has 4 rings (SSSR count). The SMILES string of the molecule is COc1cc2c(cc1OC)C(COc1ccc(C(C)C)cc1)N(C(=S)Nc1cccc(C(F)(F)F)c1)CC2. The van der Waals surface area contributed by atoms with E-state index in [0.29, 0.717) is 35.5 Å². The van der Waals surface area contributed by atoms with Crippen molar-refractivity contribution in [3.8, 4) is 17.2 Å². The quantitative estimate of drug-likeness (QED) is 0.317. The van der Waals surface area contributed by atoms with Crippen LogP contribution in [0.5, 0.6) is 17.2 Å². The molecule has 1 aliphatic rings. The van der Waals surface area contributed by atoms with Crippen LogP contribution in [0.2, 0.25) is 0 Å². The van der Waals surface area contributed by atoms with Crippen molar-refractivity contribution >= 4 is 23.0 Å². The highest BCUT2D eigenvalue weighted by molar-refractivity contribution is 7.80. The molecule has 1 atom stereocenters. The summed E-state index contributed by atoms with van der Waals surface area (Å²) in [5, 5.41) is 3.31. The van der Waals surface area contributed by atoms with E-state index in [1.54, 1.807) is 20.3 Å². The van der Waals surface area contributed by atoms with E-state index < -0.39 is 11.7 Å². The molecule has 9 heteroatoms. The van der Waals surface area contributed by atoms with E-state index in [9.17, 15) is 13.2 Å². The van der Waals surface area contributed by atoms with E-state index in [1.165, 1.54) is 11.6 Å². The standard InChI is InChI=1S/C29H31F3N2O3S/c1-18(2)19-8-10-23(11-9-19)37-17-25-24-16-27(36-4)26(35-3)14-20(24)12-13-34(25)28(38)33-22-7-5-6-21(15-22)29(30,31)32/h5-11,14-16,18,25H,12-13,17H2,1-4H3,(H,33,38). The zero-order valence-corrected chi connectivity index (χ0v) is 22.6. The maximum atomic E-state index is 13.2. The van der Waals surface area contributed by atoms with Crippen LogP contribution in [-0.4, -0.2) is 37.4 Å². The fraction of sp³-hybridized carbons (Fsp3) is 0.345. The molecular formula is C29H31F3N2O3S. The van der Waals surface area contributed by atoms with Gasteiger partial charge in [-0.1, -0.05) is 32.0 Å². The van der Waals surface area contributed by atoms with Crippen molar-refractivity contribution in [1.29, 1.82) is 0 Å². The van der Waals surface area contributed by atoms with Gasteiger partial charge in [0.25, 0.3) is 0 Å². The molecule has 1 heterocycles. The number of halogens is 3. The molecule has 0 saturated carbocycles. The molecule has 0 radical (unpaired) electrons. The number of rotatable bonds is 7. The number of thiocarbonyl (C=S) groups is 1. The predicted octanol–water partition coefficient (Wildman–Crippen LogP) is 7.22. The van der Waals surface area contributed by atoms with Crippen molar-refractivity contribution in [2.45, 2.75) is 38.4 Å². The van der Waals surface area contributed by atoms with Crippen molar-refractivity contribution in [2.24, 2.45) is 0 Å². The fourth-order valence-electron chi connectivity index (χ4n) is 4.54. The van der Waals surface area contributed by atoms with Gasteiger partial charge in [-0.05, 0) is 83.7 Å². The largest absolute Gasteiger partial charge is 0.493 e. The highest BCUT2D eigenvalue weighted by Crippen LogP contribution is 2.39. The molecule has 0 amide bonds. The Morgan fingerprint density at radius 1 is 1.03 bits per heavy atom. The Morgan fingerprint density at radius 3 is 2.34 bits per heavy atom. The molecule has 3 aromatic rings. The molecule has 0 aliphatic carbocycles. The Morgan fingerprint density at radius 2 is 1.71 bits per heavy atom. The summed E-state index contributed by atoms with van der Waals surface area (Å²) < 4.78 is 57.0. The van der Waals surface area contributed by atoms with Gasteiger partial charge in [-0.2, -0.15) is 13.2 Å². The third-order valence-corrected chi connectivity index (χ3v) is 7.00. The van der Waals surface area contributed by atoms with Gasteiger partial charge in [0, 0.05) is 12.2 Å². The van der Waals surface area contributed by atoms with Crippen LogP contribution in [0.3, 0.4) is 0 Å². The number of fused-ring (bicyclic) bond motifs is 1. The number of alkyl halides is 3. The van der Waals surface area contributed by atoms with Gasteiger partial charge >= 0.3 is 6.18 Å². The van der Waals surface area contributed by atoms with Gasteiger partial charge in [0.1, 0.15) is 12.4 Å². The number of hydrogen-bond acceptors (Lipinski definition) is 4. The highest BCUT2D eigenvalue weighted by atomic mass is 32.1. The Balaban J connectivity index is 1.63. The molecule has 0 bridgehead atoms. The lowest BCUT2D eigenvalue weighted by Crippen LogP contribution is -2.44. The molecule has 0 saturated heterocycles. The van der Waals surface area contributed by atoms with Gasteiger partial charge in [-0.25, -0.2) is 0 Å². The lowest BCUT2D eigenvalue weighted by atomic mass is 9.92. The number of hydrogen-bond donors (Lipinski definition) is 1. The van der Waals surface area contributed by atoms with Crippen molar-refractivity contribution in [3.05, 3.63) is 82.9 Å². The average molecular weight is 545 g/mol. The Labute approximate surface area is 226 Å². The lowest BCUT2D eigenvalue weighted by molar-refractivity contribution is -0.137. The minimum Gasteiger partial charge on any atom is -0.493 e. The molecule has 5 nitrogen and oxygen atoms in total. The average Bonchev–Trinajstić information content (AvgIpc) is 2.90. The lowest BCUT2D eigenvalue weighted by Gasteiger charge is -2.39. The predicted molar refractivity (Wildman–Crippen MR) is 146 cm³/mol. The minimum absolute atomic E-state index is 0.270. The molecule has 0 aromatic heterocycles. The van der Waals surface area contributed by atoms with Crippen molar-refractivity contribution in [3.63, 3.8) is 0 Å². The van der Waals surface area contributed by atoms with Crippen molar-refractivity contribution in [1.82, 2.24) is 4.90 Å². The maximum Gasteiger partial charge on any atom is 0.416 e. The van der Waals surface area contributed by atoms with Gasteiger partial charge in [0.15, 0.2) is 16.6 Å². The third kappa shape index (κ3) is 6.15. The molecule has 1 aliphatic heterocycles. The number of benzene rings is 3. The molecule has 1 unspecified atom stereocenters. The van der Waals surface area contributed by atoms with Gasteiger partial charge in [-0.3, -0.25) is 0 Å². The van der Waals surface area contributed by atoms with Gasteiger partial charge in [0.2, 0.25) is 0 Å². The minimum atomic E-state index is -4.44. The van der Waals surface area contributed by atoms with Crippen LogP contribution in [0.4, 0.5) is 18.9 Å². The van der Waals surface area contributed by atoms with Crippen LogP contribution in [0.15, 0.2) is 60.7 Å². The molecule has 1 N–H and O–H groups in total. The van der Waals surface area contributed by atoms with Crippen LogP contribution in [0.25, 0.3) is 0 Å². The Kier molecular flexibility index (Phi) is 8.35. The first-order valence-corrected chi connectivity index (χ1v) is 12.7. The monoisotopic (exact) mass is 544 g/mol. The number of anilines is 1. The number of methoxy groups -OCH3 is 2. The molecule has 0 fully saturated rings. The zero-order chi connectivity index (χ0) is 27.4. The second-order valence-electron chi connectivity index (χ2n) is 9.41. The summed E-state index contributed by atoms with van der Waals surface area (Å²) >= 11 is 5.71. The van der Waals surface area contributed by atoms with Gasteiger partial charge < -0.3 is 24.4 Å². The van der Waals surface area contributed by atoms with Crippen LogP contribution >= 0.6 is 12.2 Å². The smallest absolute Gasteiger partial charge is 0.416 e. The zero-order valence-electron chi connectivity index (χ0n) is 21.8. The number of ether oxygens (including phenoxy) is 3. The molecule has 38 heavy (non-hydrogen) atoms. The summed E-state index contributed by atoms with van der Waals surface area (Å²) in [7, 11) is 3.17. The second kappa shape index (κ2) is 11.5. The summed E-state index contributed by atoms with van der Waals surface area (Å²) in [5.74, 6) is 2.34. The van der Waals surface area contributed by atoms with Crippen LogP contribution in [0.1, 0.15) is 48.1 Å².